The number of thiazole rings is 1. The Morgan fingerprint density at radius 3 is 2.23 bits per heavy atom. The van der Waals surface area contributed by atoms with Crippen molar-refractivity contribution < 1.29 is 13.9 Å². The predicted octanol–water partition coefficient (Wildman–Crippen LogP) is 5.98. The van der Waals surface area contributed by atoms with Crippen molar-refractivity contribution in [1.29, 1.82) is 0 Å². The molecule has 0 saturated heterocycles. The quantitative estimate of drug-likeness (QED) is 0.298. The molecule has 0 bridgehead atoms. The Kier molecular flexibility index (Phi) is 8.23. The van der Waals surface area contributed by atoms with E-state index in [0.29, 0.717) is 25.3 Å². The van der Waals surface area contributed by atoms with Crippen LogP contribution in [0.2, 0.25) is 0 Å². The van der Waals surface area contributed by atoms with Crippen LogP contribution in [0.3, 0.4) is 0 Å². The number of benzene rings is 3. The fourth-order valence-electron chi connectivity index (χ4n) is 3.78. The number of ether oxygens (including phenoxy) is 1. The lowest BCUT2D eigenvalue weighted by Crippen LogP contribution is -2.27. The minimum absolute atomic E-state index is 0.112. The normalized spacial score (nSPS) is 11.9. The van der Waals surface area contributed by atoms with E-state index >= 15 is 0 Å². The van der Waals surface area contributed by atoms with Gasteiger partial charge in [0, 0.05) is 18.5 Å². The zero-order valence-electron chi connectivity index (χ0n) is 19.8. The number of hydrogen-bond donors (Lipinski definition) is 1. The van der Waals surface area contributed by atoms with E-state index in [4.69, 9.17) is 4.74 Å². The van der Waals surface area contributed by atoms with Gasteiger partial charge in [-0.2, -0.15) is 0 Å². The maximum Gasteiger partial charge on any atom is 0.271 e. The van der Waals surface area contributed by atoms with Crippen molar-refractivity contribution >= 4 is 17.2 Å². The Hall–Kier alpha value is -3.55. The van der Waals surface area contributed by atoms with Crippen molar-refractivity contribution in [3.05, 3.63) is 117 Å². The van der Waals surface area contributed by atoms with E-state index in [0.717, 1.165) is 27.4 Å². The van der Waals surface area contributed by atoms with Crippen LogP contribution in [0, 0.1) is 5.82 Å². The highest BCUT2D eigenvalue weighted by molar-refractivity contribution is 7.09. The first-order chi connectivity index (χ1) is 17.0. The Morgan fingerprint density at radius 1 is 0.971 bits per heavy atom. The Labute approximate surface area is 209 Å². The molecule has 3 aromatic carbocycles. The van der Waals surface area contributed by atoms with Gasteiger partial charge in [-0.1, -0.05) is 54.6 Å². The molecule has 4 rings (SSSR count). The molecular formula is C28H28FN3O2S. The van der Waals surface area contributed by atoms with Crippen LogP contribution in [0.5, 0.6) is 5.75 Å². The predicted molar refractivity (Wildman–Crippen MR) is 137 cm³/mol. The van der Waals surface area contributed by atoms with Gasteiger partial charge in [-0.3, -0.25) is 9.69 Å². The number of hydrogen-bond acceptors (Lipinski definition) is 5. The molecular weight excluding hydrogens is 461 g/mol. The van der Waals surface area contributed by atoms with Crippen LogP contribution in [0.4, 0.5) is 4.39 Å². The third kappa shape index (κ3) is 6.97. The van der Waals surface area contributed by atoms with Gasteiger partial charge in [0.25, 0.3) is 5.91 Å². The van der Waals surface area contributed by atoms with E-state index in [-0.39, 0.29) is 17.8 Å². The van der Waals surface area contributed by atoms with Crippen LogP contribution < -0.4 is 10.1 Å². The largest absolute Gasteiger partial charge is 0.497 e. The van der Waals surface area contributed by atoms with Gasteiger partial charge in [0.1, 0.15) is 22.3 Å². The van der Waals surface area contributed by atoms with Crippen LogP contribution in [-0.2, 0) is 19.6 Å². The second-order valence-corrected chi connectivity index (χ2v) is 9.29. The van der Waals surface area contributed by atoms with Crippen LogP contribution >= 0.6 is 11.3 Å². The van der Waals surface area contributed by atoms with Gasteiger partial charge in [-0.25, -0.2) is 9.37 Å². The van der Waals surface area contributed by atoms with Crippen molar-refractivity contribution in [3.63, 3.8) is 0 Å². The van der Waals surface area contributed by atoms with Gasteiger partial charge in [-0.05, 0) is 47.9 Å². The lowest BCUT2D eigenvalue weighted by Gasteiger charge is -2.22. The third-order valence-corrected chi connectivity index (χ3v) is 6.51. The number of halogens is 1. The van der Waals surface area contributed by atoms with E-state index in [1.807, 2.05) is 61.5 Å². The van der Waals surface area contributed by atoms with Crippen LogP contribution in [0.15, 0.2) is 84.2 Å². The number of aromatic nitrogens is 1. The Bertz CT molecular complexity index is 1230. The van der Waals surface area contributed by atoms with E-state index in [1.54, 1.807) is 24.6 Å². The number of amides is 1. The summed E-state index contributed by atoms with van der Waals surface area (Å²) >= 11 is 1.47. The lowest BCUT2D eigenvalue weighted by atomic mass is 10.1. The number of carbonyl (C=O) groups excluding carboxylic acids is 1. The third-order valence-electron chi connectivity index (χ3n) is 5.68. The minimum Gasteiger partial charge on any atom is -0.497 e. The highest BCUT2D eigenvalue weighted by Crippen LogP contribution is 2.20. The molecule has 5 nitrogen and oxygen atoms in total. The molecule has 0 aliphatic heterocycles. The molecule has 1 N–H and O–H groups in total. The molecule has 0 spiro atoms. The molecule has 0 radical (unpaired) electrons. The fourth-order valence-corrected chi connectivity index (χ4v) is 4.60. The average molecular weight is 490 g/mol. The highest BCUT2D eigenvalue weighted by atomic mass is 32.1. The minimum atomic E-state index is -0.254. The molecule has 7 heteroatoms. The second-order valence-electron chi connectivity index (χ2n) is 8.35. The molecule has 1 aromatic heterocycles. The van der Waals surface area contributed by atoms with E-state index < -0.39 is 0 Å². The van der Waals surface area contributed by atoms with Gasteiger partial charge < -0.3 is 10.1 Å². The highest BCUT2D eigenvalue weighted by Gasteiger charge is 2.17. The summed E-state index contributed by atoms with van der Waals surface area (Å²) in [5, 5.41) is 5.66. The zero-order chi connectivity index (χ0) is 24.6. The van der Waals surface area contributed by atoms with Crippen LogP contribution in [-0.4, -0.2) is 22.9 Å². The SMILES string of the molecule is COc1ccc(CN(Cc2ccc(F)cc2)Cc2nc(C(=O)NC(C)c3ccccc3)cs2)cc1. The first-order valence-corrected chi connectivity index (χ1v) is 12.3. The molecule has 1 atom stereocenters. The Morgan fingerprint density at radius 2 is 1.60 bits per heavy atom. The molecule has 0 saturated carbocycles. The molecule has 0 fully saturated rings. The van der Waals surface area contributed by atoms with E-state index in [9.17, 15) is 9.18 Å². The number of rotatable bonds is 10. The topological polar surface area (TPSA) is 54.5 Å². The van der Waals surface area contributed by atoms with E-state index in [1.165, 1.54) is 23.5 Å². The summed E-state index contributed by atoms with van der Waals surface area (Å²) in [6, 6.07) is 24.2. The van der Waals surface area contributed by atoms with E-state index in [2.05, 4.69) is 15.2 Å². The van der Waals surface area contributed by atoms with Gasteiger partial charge >= 0.3 is 0 Å². The maximum absolute atomic E-state index is 13.4. The maximum atomic E-state index is 13.4. The average Bonchev–Trinajstić information content (AvgIpc) is 3.35. The summed E-state index contributed by atoms with van der Waals surface area (Å²) in [4.78, 5) is 19.6. The summed E-state index contributed by atoms with van der Waals surface area (Å²) in [6.07, 6.45) is 0. The Balaban J connectivity index is 1.45. The molecule has 180 valence electrons. The molecule has 0 aliphatic rings. The van der Waals surface area contributed by atoms with Gasteiger partial charge in [-0.15, -0.1) is 11.3 Å². The van der Waals surface area contributed by atoms with Crippen molar-refractivity contribution in [1.82, 2.24) is 15.2 Å². The van der Waals surface area contributed by atoms with Gasteiger partial charge in [0.2, 0.25) is 0 Å². The molecule has 0 aliphatic carbocycles. The summed E-state index contributed by atoms with van der Waals surface area (Å²) in [6.45, 7) is 3.82. The number of nitrogens with zero attached hydrogens (tertiary/aromatic N) is 2. The van der Waals surface area contributed by atoms with Gasteiger partial charge in [0.15, 0.2) is 0 Å². The molecule has 1 unspecified atom stereocenters. The van der Waals surface area contributed by atoms with Gasteiger partial charge in [0.05, 0.1) is 19.7 Å². The lowest BCUT2D eigenvalue weighted by molar-refractivity contribution is 0.0935. The zero-order valence-corrected chi connectivity index (χ0v) is 20.6. The summed E-state index contributed by atoms with van der Waals surface area (Å²) in [7, 11) is 1.65. The van der Waals surface area contributed by atoms with Crippen molar-refractivity contribution in [2.75, 3.05) is 7.11 Å². The summed E-state index contributed by atoms with van der Waals surface area (Å²) in [5.41, 5.74) is 3.59. The number of carbonyl (C=O) groups is 1. The van der Waals surface area contributed by atoms with Crippen LogP contribution in [0.1, 0.15) is 45.2 Å². The van der Waals surface area contributed by atoms with Crippen molar-refractivity contribution in [3.8, 4) is 5.75 Å². The van der Waals surface area contributed by atoms with Crippen molar-refractivity contribution in [2.45, 2.75) is 32.6 Å². The fraction of sp³-hybridized carbons (Fsp3) is 0.214. The molecule has 4 aromatic rings. The smallest absolute Gasteiger partial charge is 0.271 e. The second kappa shape index (κ2) is 11.7. The van der Waals surface area contributed by atoms with Crippen LogP contribution in [0.25, 0.3) is 0 Å². The molecule has 1 heterocycles. The number of methoxy groups -OCH3 is 1. The molecule has 1 amide bonds. The first-order valence-electron chi connectivity index (χ1n) is 11.4. The standard InChI is InChI=1S/C28H28FN3O2S/c1-20(23-6-4-3-5-7-23)30-28(33)26-19-35-27(31-26)18-32(16-21-8-12-24(29)13-9-21)17-22-10-14-25(34-2)15-11-22/h3-15,19-20H,16-18H2,1-2H3,(H,30,33). The monoisotopic (exact) mass is 489 g/mol. The molecule has 35 heavy (non-hydrogen) atoms. The summed E-state index contributed by atoms with van der Waals surface area (Å²) in [5.74, 6) is 0.360. The number of nitrogens with one attached hydrogen (secondary N) is 1. The van der Waals surface area contributed by atoms with Crippen molar-refractivity contribution in [2.24, 2.45) is 0 Å². The first kappa shape index (κ1) is 24.6. The summed E-state index contributed by atoms with van der Waals surface area (Å²) < 4.78 is 18.7.